The summed E-state index contributed by atoms with van der Waals surface area (Å²) in [5.41, 5.74) is 5.04. The predicted molar refractivity (Wildman–Crippen MR) is 143 cm³/mol. The molecule has 0 bridgehead atoms. The summed E-state index contributed by atoms with van der Waals surface area (Å²) in [7, 11) is -3.90. The van der Waals surface area contributed by atoms with Gasteiger partial charge in [-0.05, 0) is 60.2 Å². The maximum atomic E-state index is 13.7. The fraction of sp³-hybridized carbons (Fsp3) is 0.207. The first kappa shape index (κ1) is 24.0. The van der Waals surface area contributed by atoms with Gasteiger partial charge in [-0.1, -0.05) is 66.7 Å². The molecule has 0 saturated heterocycles. The van der Waals surface area contributed by atoms with Crippen molar-refractivity contribution in [3.63, 3.8) is 0 Å². The minimum atomic E-state index is -3.90. The van der Waals surface area contributed by atoms with E-state index in [1.165, 1.54) is 5.57 Å². The van der Waals surface area contributed by atoms with E-state index in [9.17, 15) is 13.2 Å². The lowest BCUT2D eigenvalue weighted by atomic mass is 9.98. The standard InChI is InChI=1S/C29H29N3O3S/c1-21-8-7-11-25(18-21)36(34,35)31-28(19-24-20-30-27-13-6-5-12-26(24)27)29(33)32-16-14-23(15-17-32)22-9-3-2-4-10-22/h2-14,18,20,28,30-31H,15-17,19H2,1H3. The van der Waals surface area contributed by atoms with E-state index in [1.54, 1.807) is 23.1 Å². The number of aryl methyl sites for hydroxylation is 1. The van der Waals surface area contributed by atoms with Gasteiger partial charge in [-0.15, -0.1) is 0 Å². The Labute approximate surface area is 211 Å². The van der Waals surface area contributed by atoms with E-state index in [0.717, 1.165) is 34.0 Å². The number of H-pyrrole nitrogens is 1. The molecule has 1 atom stereocenters. The molecule has 0 fully saturated rings. The van der Waals surface area contributed by atoms with Crippen LogP contribution in [0.15, 0.2) is 96.0 Å². The normalized spacial score (nSPS) is 15.0. The van der Waals surface area contributed by atoms with E-state index in [-0.39, 0.29) is 17.2 Å². The van der Waals surface area contributed by atoms with Crippen LogP contribution in [0.2, 0.25) is 0 Å². The molecule has 2 N–H and O–H groups in total. The number of carbonyl (C=O) groups is 1. The zero-order chi connectivity index (χ0) is 25.1. The van der Waals surface area contributed by atoms with Gasteiger partial charge in [0.15, 0.2) is 0 Å². The predicted octanol–water partition coefficient (Wildman–Crippen LogP) is 4.68. The molecule has 0 aliphatic carbocycles. The van der Waals surface area contributed by atoms with Crippen LogP contribution in [0.25, 0.3) is 16.5 Å². The number of nitrogens with one attached hydrogen (secondary N) is 2. The highest BCUT2D eigenvalue weighted by Gasteiger charge is 2.31. The fourth-order valence-electron chi connectivity index (χ4n) is 4.74. The minimum Gasteiger partial charge on any atom is -0.361 e. The number of rotatable bonds is 7. The third-order valence-electron chi connectivity index (χ3n) is 6.66. The zero-order valence-corrected chi connectivity index (χ0v) is 21.0. The highest BCUT2D eigenvalue weighted by Crippen LogP contribution is 2.24. The molecule has 184 valence electrons. The summed E-state index contributed by atoms with van der Waals surface area (Å²) in [6.45, 7) is 2.83. The monoisotopic (exact) mass is 499 g/mol. The van der Waals surface area contributed by atoms with Gasteiger partial charge in [0, 0.05) is 30.2 Å². The molecule has 2 heterocycles. The van der Waals surface area contributed by atoms with Crippen molar-refractivity contribution in [3.8, 4) is 0 Å². The van der Waals surface area contributed by atoms with Gasteiger partial charge in [-0.2, -0.15) is 4.72 Å². The summed E-state index contributed by atoms with van der Waals surface area (Å²) in [5.74, 6) is -0.222. The second-order valence-electron chi connectivity index (χ2n) is 9.18. The quantitative estimate of drug-likeness (QED) is 0.387. The van der Waals surface area contributed by atoms with E-state index in [0.29, 0.717) is 13.1 Å². The molecule has 1 aliphatic heterocycles. The Hall–Kier alpha value is -3.68. The molecule has 7 heteroatoms. The molecule has 1 amide bonds. The highest BCUT2D eigenvalue weighted by molar-refractivity contribution is 7.89. The lowest BCUT2D eigenvalue weighted by molar-refractivity contribution is -0.132. The molecule has 0 saturated carbocycles. The summed E-state index contributed by atoms with van der Waals surface area (Å²) in [6.07, 6.45) is 4.89. The third kappa shape index (κ3) is 5.12. The van der Waals surface area contributed by atoms with Crippen LogP contribution in [0, 0.1) is 6.92 Å². The van der Waals surface area contributed by atoms with Gasteiger partial charge in [0.05, 0.1) is 4.90 Å². The van der Waals surface area contributed by atoms with Crippen LogP contribution in [0.4, 0.5) is 0 Å². The molecular weight excluding hydrogens is 470 g/mol. The van der Waals surface area contributed by atoms with Gasteiger partial charge in [0.2, 0.25) is 15.9 Å². The molecule has 1 aromatic heterocycles. The smallest absolute Gasteiger partial charge is 0.241 e. The van der Waals surface area contributed by atoms with Crippen LogP contribution in [-0.2, 0) is 21.2 Å². The van der Waals surface area contributed by atoms with Crippen LogP contribution in [0.3, 0.4) is 0 Å². The Morgan fingerprint density at radius 1 is 1.03 bits per heavy atom. The van der Waals surface area contributed by atoms with Crippen LogP contribution in [-0.4, -0.2) is 43.3 Å². The molecule has 0 radical (unpaired) electrons. The lowest BCUT2D eigenvalue weighted by Crippen LogP contribution is -2.50. The van der Waals surface area contributed by atoms with Crippen LogP contribution in [0.1, 0.15) is 23.1 Å². The van der Waals surface area contributed by atoms with E-state index in [1.807, 2.05) is 61.7 Å². The lowest BCUT2D eigenvalue weighted by Gasteiger charge is -2.30. The first-order chi connectivity index (χ1) is 17.4. The summed E-state index contributed by atoms with van der Waals surface area (Å²) < 4.78 is 29.3. The summed E-state index contributed by atoms with van der Waals surface area (Å²) in [4.78, 5) is 18.9. The first-order valence-corrected chi connectivity index (χ1v) is 13.6. The maximum Gasteiger partial charge on any atom is 0.241 e. The molecule has 6 nitrogen and oxygen atoms in total. The van der Waals surface area contributed by atoms with Gasteiger partial charge in [-0.25, -0.2) is 8.42 Å². The van der Waals surface area contributed by atoms with Crippen molar-refractivity contribution < 1.29 is 13.2 Å². The number of aromatic amines is 1. The Morgan fingerprint density at radius 2 is 1.81 bits per heavy atom. The van der Waals surface area contributed by atoms with Gasteiger partial charge < -0.3 is 9.88 Å². The third-order valence-corrected chi connectivity index (χ3v) is 8.13. The Balaban J connectivity index is 1.42. The summed E-state index contributed by atoms with van der Waals surface area (Å²) in [6, 6.07) is 23.8. The number of hydrogen-bond donors (Lipinski definition) is 2. The Bertz CT molecular complexity index is 1520. The molecule has 3 aromatic carbocycles. The fourth-order valence-corrected chi connectivity index (χ4v) is 6.04. The van der Waals surface area contributed by atoms with E-state index < -0.39 is 16.1 Å². The topological polar surface area (TPSA) is 82.3 Å². The van der Waals surface area contributed by atoms with Gasteiger partial charge in [0.25, 0.3) is 0 Å². The number of benzene rings is 3. The highest BCUT2D eigenvalue weighted by atomic mass is 32.2. The van der Waals surface area contributed by atoms with Gasteiger partial charge in [0.1, 0.15) is 6.04 Å². The van der Waals surface area contributed by atoms with Crippen LogP contribution in [0.5, 0.6) is 0 Å². The number of carbonyl (C=O) groups excluding carboxylic acids is 1. The average molecular weight is 500 g/mol. The van der Waals surface area contributed by atoms with Crippen molar-refractivity contribution in [1.82, 2.24) is 14.6 Å². The second-order valence-corrected chi connectivity index (χ2v) is 10.9. The van der Waals surface area contributed by atoms with Crippen molar-refractivity contribution in [2.24, 2.45) is 0 Å². The second kappa shape index (κ2) is 10.1. The van der Waals surface area contributed by atoms with Gasteiger partial charge >= 0.3 is 0 Å². The minimum absolute atomic E-state index is 0.157. The summed E-state index contributed by atoms with van der Waals surface area (Å²) in [5, 5.41) is 0.981. The number of sulfonamides is 1. The Morgan fingerprint density at radius 3 is 2.56 bits per heavy atom. The molecular formula is C29H29N3O3S. The average Bonchev–Trinajstić information content (AvgIpc) is 3.31. The number of para-hydroxylation sites is 1. The van der Waals surface area contributed by atoms with E-state index in [2.05, 4.69) is 27.9 Å². The van der Waals surface area contributed by atoms with E-state index in [4.69, 9.17) is 0 Å². The van der Waals surface area contributed by atoms with E-state index >= 15 is 0 Å². The number of hydrogen-bond acceptors (Lipinski definition) is 3. The largest absolute Gasteiger partial charge is 0.361 e. The SMILES string of the molecule is Cc1cccc(S(=O)(=O)NC(Cc2c[nH]c3ccccc23)C(=O)N2CC=C(c3ccccc3)CC2)c1. The number of amides is 1. The maximum absolute atomic E-state index is 13.7. The molecule has 0 spiro atoms. The molecule has 5 rings (SSSR count). The number of aromatic nitrogens is 1. The summed E-state index contributed by atoms with van der Waals surface area (Å²) >= 11 is 0. The number of fused-ring (bicyclic) bond motifs is 1. The zero-order valence-electron chi connectivity index (χ0n) is 20.1. The Kier molecular flexibility index (Phi) is 6.76. The molecule has 1 unspecified atom stereocenters. The van der Waals surface area contributed by atoms with Crippen LogP contribution >= 0.6 is 0 Å². The van der Waals surface area contributed by atoms with Gasteiger partial charge in [-0.3, -0.25) is 4.79 Å². The number of nitrogens with zero attached hydrogens (tertiary/aromatic N) is 1. The van der Waals surface area contributed by atoms with Crippen molar-refractivity contribution in [2.45, 2.75) is 30.7 Å². The van der Waals surface area contributed by atoms with Crippen molar-refractivity contribution in [2.75, 3.05) is 13.1 Å². The van der Waals surface area contributed by atoms with Crippen molar-refractivity contribution >= 4 is 32.4 Å². The molecule has 4 aromatic rings. The first-order valence-electron chi connectivity index (χ1n) is 12.1. The van der Waals surface area contributed by atoms with Crippen molar-refractivity contribution in [3.05, 3.63) is 108 Å². The van der Waals surface area contributed by atoms with Crippen molar-refractivity contribution in [1.29, 1.82) is 0 Å². The van der Waals surface area contributed by atoms with Crippen LogP contribution < -0.4 is 4.72 Å². The molecule has 36 heavy (non-hydrogen) atoms. The molecule has 1 aliphatic rings.